The average molecular weight is 345 g/mol. The highest BCUT2D eigenvalue weighted by molar-refractivity contribution is 7.08. The molecule has 2 aromatic rings. The Kier molecular flexibility index (Phi) is 5.17. The normalized spacial score (nSPS) is 11.8. The van der Waals surface area contributed by atoms with E-state index < -0.39 is 18.0 Å². The predicted octanol–water partition coefficient (Wildman–Crippen LogP) is 3.63. The third-order valence-electron chi connectivity index (χ3n) is 2.46. The van der Waals surface area contributed by atoms with Gasteiger partial charge < -0.3 is 10.1 Å². The summed E-state index contributed by atoms with van der Waals surface area (Å²) in [5.41, 5.74) is 0.405. The lowest BCUT2D eigenvalue weighted by Crippen LogP contribution is -2.30. The molecule has 110 valence electrons. The third-order valence-corrected chi connectivity index (χ3v) is 3.64. The number of nitrogens with one attached hydrogen (secondary N) is 1. The first kappa shape index (κ1) is 15.8. The second-order valence-corrected chi connectivity index (χ2v) is 5.66. The second-order valence-electron chi connectivity index (χ2n) is 4.03. The van der Waals surface area contributed by atoms with Gasteiger partial charge in [0.25, 0.3) is 5.91 Å². The van der Waals surface area contributed by atoms with Crippen molar-refractivity contribution in [1.29, 1.82) is 0 Å². The summed E-state index contributed by atoms with van der Waals surface area (Å²) in [5, 5.41) is 6.42. The van der Waals surface area contributed by atoms with Gasteiger partial charge in [-0.3, -0.25) is 4.79 Å². The van der Waals surface area contributed by atoms with E-state index in [1.165, 1.54) is 30.5 Å². The molecule has 21 heavy (non-hydrogen) atoms. The molecule has 5 nitrogen and oxygen atoms in total. The Morgan fingerprint density at radius 2 is 2.19 bits per heavy atom. The van der Waals surface area contributed by atoms with Crippen LogP contribution >= 0.6 is 34.5 Å². The number of aromatic nitrogens is 1. The van der Waals surface area contributed by atoms with Gasteiger partial charge in [0.2, 0.25) is 0 Å². The second kappa shape index (κ2) is 6.89. The lowest BCUT2D eigenvalue weighted by Gasteiger charge is -2.13. The van der Waals surface area contributed by atoms with Crippen LogP contribution in [-0.4, -0.2) is 23.0 Å². The molecule has 0 aliphatic rings. The van der Waals surface area contributed by atoms with E-state index in [-0.39, 0.29) is 10.8 Å². The molecule has 1 unspecified atom stereocenters. The number of carbonyl (C=O) groups excluding carboxylic acids is 2. The molecule has 2 aromatic heterocycles. The van der Waals surface area contributed by atoms with Gasteiger partial charge in [-0.05, 0) is 24.4 Å². The van der Waals surface area contributed by atoms with E-state index in [0.29, 0.717) is 10.6 Å². The molecule has 1 N–H and O–H groups in total. The van der Waals surface area contributed by atoms with E-state index in [0.717, 1.165) is 0 Å². The molecular formula is C13H10Cl2N2O3S. The number of thiophene rings is 1. The van der Waals surface area contributed by atoms with Crippen LogP contribution in [0.25, 0.3) is 0 Å². The van der Waals surface area contributed by atoms with Crippen LogP contribution in [0.2, 0.25) is 10.0 Å². The summed E-state index contributed by atoms with van der Waals surface area (Å²) >= 11 is 13.0. The predicted molar refractivity (Wildman–Crippen MR) is 82.1 cm³/mol. The number of nitrogens with zero attached hydrogens (tertiary/aromatic N) is 1. The SMILES string of the molecule is CC(OC(=O)c1ccsc1)C(=O)Nc1ncc(Cl)cc1Cl. The number of esters is 1. The van der Waals surface area contributed by atoms with Crippen molar-refractivity contribution in [1.82, 2.24) is 4.98 Å². The van der Waals surface area contributed by atoms with Crippen molar-refractivity contribution in [2.45, 2.75) is 13.0 Å². The molecule has 8 heteroatoms. The minimum absolute atomic E-state index is 0.157. The summed E-state index contributed by atoms with van der Waals surface area (Å²) in [6.45, 7) is 1.46. The lowest BCUT2D eigenvalue weighted by atomic mass is 10.3. The fraction of sp³-hybridized carbons (Fsp3) is 0.154. The van der Waals surface area contributed by atoms with Gasteiger partial charge in [-0.2, -0.15) is 11.3 Å². The molecule has 1 amide bonds. The van der Waals surface area contributed by atoms with E-state index >= 15 is 0 Å². The number of hydrogen-bond donors (Lipinski definition) is 1. The topological polar surface area (TPSA) is 68.3 Å². The van der Waals surface area contributed by atoms with Gasteiger partial charge in [0.1, 0.15) is 0 Å². The van der Waals surface area contributed by atoms with E-state index in [1.54, 1.807) is 16.8 Å². The number of anilines is 1. The molecule has 2 heterocycles. The van der Waals surface area contributed by atoms with Crippen LogP contribution < -0.4 is 5.32 Å². The zero-order valence-corrected chi connectivity index (χ0v) is 13.1. The highest BCUT2D eigenvalue weighted by Gasteiger charge is 2.20. The van der Waals surface area contributed by atoms with Crippen LogP contribution in [0.15, 0.2) is 29.1 Å². The van der Waals surface area contributed by atoms with Crippen LogP contribution in [0.4, 0.5) is 5.82 Å². The Hall–Kier alpha value is -1.63. The summed E-state index contributed by atoms with van der Waals surface area (Å²) in [4.78, 5) is 27.6. The summed E-state index contributed by atoms with van der Waals surface area (Å²) in [6.07, 6.45) is 0.372. The van der Waals surface area contributed by atoms with E-state index in [2.05, 4.69) is 10.3 Å². The Bertz CT molecular complexity index is 661. The molecule has 0 bridgehead atoms. The largest absolute Gasteiger partial charge is 0.449 e. The van der Waals surface area contributed by atoms with Gasteiger partial charge in [-0.25, -0.2) is 9.78 Å². The molecule has 0 saturated carbocycles. The maximum absolute atomic E-state index is 11.9. The molecule has 0 aromatic carbocycles. The molecule has 0 aliphatic carbocycles. The first-order chi connectivity index (χ1) is 9.97. The minimum atomic E-state index is -0.981. The Morgan fingerprint density at radius 1 is 1.43 bits per heavy atom. The summed E-state index contributed by atoms with van der Waals surface area (Å²) in [5.74, 6) is -0.936. The van der Waals surface area contributed by atoms with E-state index in [4.69, 9.17) is 27.9 Å². The number of amides is 1. The van der Waals surface area contributed by atoms with Crippen LogP contribution in [-0.2, 0) is 9.53 Å². The average Bonchev–Trinajstić information content (AvgIpc) is 2.95. The van der Waals surface area contributed by atoms with Crippen LogP contribution in [0, 0.1) is 0 Å². The summed E-state index contributed by atoms with van der Waals surface area (Å²) < 4.78 is 5.05. The molecule has 0 aliphatic heterocycles. The number of rotatable bonds is 4. The van der Waals surface area contributed by atoms with Crippen LogP contribution in [0.3, 0.4) is 0 Å². The molecule has 0 saturated heterocycles. The van der Waals surface area contributed by atoms with Crippen molar-refractivity contribution in [2.75, 3.05) is 5.32 Å². The number of hydrogen-bond acceptors (Lipinski definition) is 5. The highest BCUT2D eigenvalue weighted by Crippen LogP contribution is 2.22. The molecule has 2 rings (SSSR count). The number of pyridine rings is 1. The first-order valence-corrected chi connectivity index (χ1v) is 7.52. The van der Waals surface area contributed by atoms with Crippen LogP contribution in [0.1, 0.15) is 17.3 Å². The zero-order chi connectivity index (χ0) is 15.4. The minimum Gasteiger partial charge on any atom is -0.449 e. The maximum Gasteiger partial charge on any atom is 0.339 e. The van der Waals surface area contributed by atoms with Crippen molar-refractivity contribution in [3.05, 3.63) is 44.7 Å². The fourth-order valence-corrected chi connectivity index (χ4v) is 2.44. The maximum atomic E-state index is 11.9. The molecule has 0 radical (unpaired) electrons. The summed E-state index contributed by atoms with van der Waals surface area (Å²) in [6, 6.07) is 3.07. The van der Waals surface area contributed by atoms with E-state index in [1.807, 2.05) is 0 Å². The molecule has 1 atom stereocenters. The van der Waals surface area contributed by atoms with Crippen molar-refractivity contribution in [2.24, 2.45) is 0 Å². The fourth-order valence-electron chi connectivity index (χ4n) is 1.39. The van der Waals surface area contributed by atoms with Crippen molar-refractivity contribution in [3.8, 4) is 0 Å². The first-order valence-electron chi connectivity index (χ1n) is 5.82. The Morgan fingerprint density at radius 3 is 2.81 bits per heavy atom. The zero-order valence-electron chi connectivity index (χ0n) is 10.8. The van der Waals surface area contributed by atoms with Gasteiger partial charge in [-0.15, -0.1) is 0 Å². The Labute approximate surface area is 134 Å². The highest BCUT2D eigenvalue weighted by atomic mass is 35.5. The third kappa shape index (κ3) is 4.17. The van der Waals surface area contributed by atoms with Gasteiger partial charge in [-0.1, -0.05) is 23.2 Å². The van der Waals surface area contributed by atoms with Gasteiger partial charge in [0, 0.05) is 11.6 Å². The van der Waals surface area contributed by atoms with Gasteiger partial charge >= 0.3 is 5.97 Å². The molecular weight excluding hydrogens is 335 g/mol. The van der Waals surface area contributed by atoms with Crippen molar-refractivity contribution in [3.63, 3.8) is 0 Å². The van der Waals surface area contributed by atoms with Gasteiger partial charge in [0.05, 0.1) is 15.6 Å². The van der Waals surface area contributed by atoms with Crippen molar-refractivity contribution >= 4 is 52.2 Å². The smallest absolute Gasteiger partial charge is 0.339 e. The molecule has 0 fully saturated rings. The molecule has 0 spiro atoms. The van der Waals surface area contributed by atoms with Crippen LogP contribution in [0.5, 0.6) is 0 Å². The Balaban J connectivity index is 1.98. The monoisotopic (exact) mass is 344 g/mol. The number of ether oxygens (including phenoxy) is 1. The van der Waals surface area contributed by atoms with E-state index in [9.17, 15) is 9.59 Å². The standard InChI is InChI=1S/C13H10Cl2N2O3S/c1-7(20-13(19)8-2-3-21-6-8)12(18)17-11-10(15)4-9(14)5-16-11/h2-7H,1H3,(H,16,17,18). The number of halogens is 2. The summed E-state index contributed by atoms with van der Waals surface area (Å²) in [7, 11) is 0. The van der Waals surface area contributed by atoms with Gasteiger partial charge in [0.15, 0.2) is 11.9 Å². The van der Waals surface area contributed by atoms with Crippen molar-refractivity contribution < 1.29 is 14.3 Å². The number of carbonyl (C=O) groups is 2. The quantitative estimate of drug-likeness (QED) is 0.859. The lowest BCUT2D eigenvalue weighted by molar-refractivity contribution is -0.123.